The number of carbonyl (C=O) groups is 9. The van der Waals surface area contributed by atoms with Crippen LogP contribution in [-0.4, -0.2) is 143 Å². The molecular weight excluding hydrogens is 1360 g/mol. The number of anilines is 4. The van der Waals surface area contributed by atoms with E-state index in [0.29, 0.717) is 75.8 Å². The Hall–Kier alpha value is -11.5. The quantitative estimate of drug-likeness (QED) is 0.00984. The Bertz CT molecular complexity index is 3700. The number of ether oxygens (including phenoxy) is 4. The molecular formula is C73H108N20O13. The minimum Gasteiger partial charge on any atom is -0.496 e. The molecule has 4 atom stereocenters. The first-order chi connectivity index (χ1) is 50.6. The molecule has 106 heavy (non-hydrogen) atoms. The highest BCUT2D eigenvalue weighted by molar-refractivity contribution is 6.04. The van der Waals surface area contributed by atoms with Crippen LogP contribution in [0.3, 0.4) is 0 Å². The number of ketones is 3. The summed E-state index contributed by atoms with van der Waals surface area (Å²) in [7, 11) is 4.23. The van der Waals surface area contributed by atoms with E-state index in [9.17, 15) is 43.2 Å². The van der Waals surface area contributed by atoms with Gasteiger partial charge in [0.05, 0.1) is 56.0 Å². The molecule has 26 N–H and O–H groups in total. The Morgan fingerprint density at radius 1 is 0.368 bits per heavy atom. The van der Waals surface area contributed by atoms with Crippen LogP contribution in [0.15, 0.2) is 72.8 Å². The first-order valence-corrected chi connectivity index (χ1v) is 35.5. The highest BCUT2D eigenvalue weighted by Crippen LogP contribution is 2.32. The fraction of sp³-hybridized carbons (Fsp3) is 0.479. The number of unbranched alkanes of at least 4 members (excludes halogenated alkanes) is 4. The number of hydrogen-bond acceptors (Lipinski definition) is 18. The third kappa shape index (κ3) is 32.4. The van der Waals surface area contributed by atoms with E-state index in [1.807, 2.05) is 0 Å². The van der Waals surface area contributed by atoms with Gasteiger partial charge in [0.25, 0.3) is 5.91 Å². The van der Waals surface area contributed by atoms with Gasteiger partial charge in [-0.05, 0) is 170 Å². The number of amidine groups is 1. The Kier molecular flexibility index (Phi) is 38.5. The minimum absolute atomic E-state index is 0.000122. The van der Waals surface area contributed by atoms with E-state index in [0.717, 1.165) is 25.7 Å². The maximum atomic E-state index is 14.3. The van der Waals surface area contributed by atoms with Gasteiger partial charge in [-0.15, -0.1) is 0 Å². The first kappa shape index (κ1) is 86.9. The fourth-order valence-electron chi connectivity index (χ4n) is 11.6. The third-order valence-electron chi connectivity index (χ3n) is 17.2. The van der Waals surface area contributed by atoms with Gasteiger partial charge in [-0.2, -0.15) is 0 Å². The number of nitrogens with one attached hydrogen (secondary N) is 14. The Labute approximate surface area is 618 Å². The van der Waals surface area contributed by atoms with Crippen molar-refractivity contribution in [3.8, 4) is 23.0 Å². The average Bonchev–Trinajstić information content (AvgIpc) is 0.853. The number of methoxy groups -OCH3 is 3. The Balaban J connectivity index is 1.42. The second kappa shape index (κ2) is 46.9. The maximum absolute atomic E-state index is 14.3. The second-order valence-corrected chi connectivity index (χ2v) is 25.5. The Morgan fingerprint density at radius 2 is 0.679 bits per heavy atom. The third-order valence-corrected chi connectivity index (χ3v) is 17.2. The second-order valence-electron chi connectivity index (χ2n) is 25.5. The molecule has 0 unspecified atom stereocenters. The number of guanidine groups is 4. The van der Waals surface area contributed by atoms with Crippen molar-refractivity contribution in [1.82, 2.24) is 26.6 Å². The summed E-state index contributed by atoms with van der Waals surface area (Å²) < 4.78 is 22.4. The highest BCUT2D eigenvalue weighted by atomic mass is 16.5. The predicted octanol–water partition coefficient (Wildman–Crippen LogP) is 6.40. The molecule has 0 saturated heterocycles. The largest absolute Gasteiger partial charge is 0.496 e. The van der Waals surface area contributed by atoms with Crippen LogP contribution in [0.2, 0.25) is 0 Å². The number of primary amides is 1. The SMILES string of the molecule is COc1ccc(NC(=O)[C@@H](CCCNC(=N)N)CCCC(=O)c2cc(NC(=O)[C@@H](CCCNC(=N)N)CCCC(=O)c3cc(NC(=O)[C@@H](C)NC(=O)CCCCCCCC(=N)N)ccc3OC)ccc2OC)cc1C(=O)CCC[C@H](CCCNC(=N)N)C(=O)Nc1ccc(OCCNC(=N)N)c(C(N)=O)c1. The molecule has 6 amide bonds. The molecule has 4 aromatic rings. The number of nitrogens with two attached hydrogens (primary N) is 6. The van der Waals surface area contributed by atoms with Gasteiger partial charge in [0.2, 0.25) is 29.5 Å². The van der Waals surface area contributed by atoms with Crippen molar-refractivity contribution in [2.24, 2.45) is 52.2 Å². The molecule has 0 aromatic heterocycles. The van der Waals surface area contributed by atoms with Crippen LogP contribution < -0.4 is 101 Å². The van der Waals surface area contributed by atoms with Crippen molar-refractivity contribution < 1.29 is 62.1 Å². The van der Waals surface area contributed by atoms with Gasteiger partial charge in [0, 0.05) is 92.2 Å². The summed E-state index contributed by atoms with van der Waals surface area (Å²) in [6.07, 6.45) is 8.61. The van der Waals surface area contributed by atoms with Crippen LogP contribution in [0, 0.1) is 44.8 Å². The molecule has 33 nitrogen and oxygen atoms in total. The van der Waals surface area contributed by atoms with Crippen LogP contribution in [0.25, 0.3) is 0 Å². The molecule has 578 valence electrons. The Morgan fingerprint density at radius 3 is 1.02 bits per heavy atom. The number of benzene rings is 4. The molecule has 0 saturated carbocycles. The van der Waals surface area contributed by atoms with Crippen molar-refractivity contribution >= 4 is 105 Å². The summed E-state index contributed by atoms with van der Waals surface area (Å²) >= 11 is 0. The number of amides is 6. The molecule has 0 aliphatic rings. The number of rotatable bonds is 52. The molecule has 4 aromatic carbocycles. The van der Waals surface area contributed by atoms with Gasteiger partial charge in [-0.25, -0.2) is 0 Å². The molecule has 0 aliphatic heterocycles. The van der Waals surface area contributed by atoms with Crippen molar-refractivity contribution in [2.75, 3.05) is 75.4 Å². The van der Waals surface area contributed by atoms with E-state index in [-0.39, 0.29) is 193 Å². The van der Waals surface area contributed by atoms with Gasteiger partial charge >= 0.3 is 0 Å². The maximum Gasteiger partial charge on any atom is 0.252 e. The standard InChI is InChI=1S/C73H108N20O13/c1-44(89-64(97)26-9-7-5-6-8-25-63(74)75)66(99)90-48-27-31-59(103-2)52(40-48)56(94)22-10-16-45(19-13-35-85-70(77)78)67(100)91-49-28-32-60(104-3)53(41-49)57(95)23-11-17-46(20-14-36-86-71(79)80)68(101)92-50-29-33-61(105-4)54(42-50)58(96)24-12-18-47(21-15-37-87-72(81)82)69(102)93-51-30-34-62(55(43-51)65(76)98)106-39-38-88-73(83)84/h27-34,40-47H,5-26,35-39H2,1-4H3,(H3,74,75)(H2,76,98)(H,89,97)(H,90,99)(H,91,100)(H,92,101)(H,93,102)(H4,77,78,85)(H4,79,80,86)(H4,81,82,87)(H4,83,84,88)/t44-,45-,46-,47-/m1/s1. The monoisotopic (exact) mass is 1470 g/mol. The fourth-order valence-corrected chi connectivity index (χ4v) is 11.6. The van der Waals surface area contributed by atoms with E-state index >= 15 is 0 Å². The van der Waals surface area contributed by atoms with E-state index in [1.165, 1.54) is 51.7 Å². The molecule has 0 spiro atoms. The highest BCUT2D eigenvalue weighted by Gasteiger charge is 2.27. The lowest BCUT2D eigenvalue weighted by Crippen LogP contribution is -2.41. The van der Waals surface area contributed by atoms with Gasteiger partial charge < -0.3 is 101 Å². The molecule has 0 aliphatic carbocycles. The van der Waals surface area contributed by atoms with Crippen molar-refractivity contribution in [3.05, 3.63) is 95.1 Å². The van der Waals surface area contributed by atoms with Crippen LogP contribution in [-0.2, 0) is 24.0 Å². The van der Waals surface area contributed by atoms with Gasteiger partial charge in [-0.1, -0.05) is 19.3 Å². The van der Waals surface area contributed by atoms with Gasteiger partial charge in [-0.3, -0.25) is 70.2 Å². The first-order valence-electron chi connectivity index (χ1n) is 35.5. The zero-order valence-corrected chi connectivity index (χ0v) is 61.1. The summed E-state index contributed by atoms with van der Waals surface area (Å²) in [5.74, 6) is -5.61. The van der Waals surface area contributed by atoms with Gasteiger partial charge in [0.1, 0.15) is 35.6 Å². The van der Waals surface area contributed by atoms with E-state index < -0.39 is 53.3 Å². The number of carbonyl (C=O) groups excluding carboxylic acids is 9. The zero-order valence-electron chi connectivity index (χ0n) is 61.1. The van der Waals surface area contributed by atoms with Crippen molar-refractivity contribution in [2.45, 2.75) is 154 Å². The summed E-state index contributed by atoms with van der Waals surface area (Å²) in [4.78, 5) is 123. The van der Waals surface area contributed by atoms with Gasteiger partial charge in [0.15, 0.2) is 41.2 Å². The minimum atomic E-state index is -0.874. The van der Waals surface area contributed by atoms with E-state index in [2.05, 4.69) is 47.9 Å². The van der Waals surface area contributed by atoms with E-state index in [1.54, 1.807) is 49.4 Å². The van der Waals surface area contributed by atoms with E-state index in [4.69, 9.17) is 80.4 Å². The van der Waals surface area contributed by atoms with Crippen LogP contribution in [0.4, 0.5) is 22.7 Å². The lowest BCUT2D eigenvalue weighted by Gasteiger charge is -2.19. The summed E-state index contributed by atoms with van der Waals surface area (Å²) in [5, 5.41) is 62.5. The van der Waals surface area contributed by atoms with Crippen LogP contribution >= 0.6 is 0 Å². The lowest BCUT2D eigenvalue weighted by molar-refractivity contribution is -0.126. The van der Waals surface area contributed by atoms with Crippen LogP contribution in [0.1, 0.15) is 190 Å². The lowest BCUT2D eigenvalue weighted by atomic mass is 9.93. The summed E-state index contributed by atoms with van der Waals surface area (Å²) in [5.41, 5.74) is 34.7. The number of hydrogen-bond donors (Lipinski definition) is 20. The molecule has 0 radical (unpaired) electrons. The summed E-state index contributed by atoms with van der Waals surface area (Å²) in [6, 6.07) is 17.5. The zero-order chi connectivity index (χ0) is 78.1. The predicted molar refractivity (Wildman–Crippen MR) is 408 cm³/mol. The molecule has 33 heteroatoms. The molecule has 0 heterocycles. The molecule has 0 fully saturated rings. The topological polar surface area (TPSA) is 574 Å². The average molecular weight is 1470 g/mol. The molecule has 4 rings (SSSR count). The summed E-state index contributed by atoms with van der Waals surface area (Å²) in [6.45, 7) is 2.69. The normalized spacial score (nSPS) is 11.9. The van der Waals surface area contributed by atoms with Crippen molar-refractivity contribution in [1.29, 1.82) is 27.0 Å². The smallest absolute Gasteiger partial charge is 0.252 e. The molecule has 0 bridgehead atoms. The van der Waals surface area contributed by atoms with Crippen LogP contribution in [0.5, 0.6) is 23.0 Å². The van der Waals surface area contributed by atoms with Crippen molar-refractivity contribution in [3.63, 3.8) is 0 Å². The number of Topliss-reactive ketones (excluding diaryl/α,β-unsaturated/α-hetero) is 3.